The van der Waals surface area contributed by atoms with Crippen LogP contribution in [0.2, 0.25) is 0 Å². The number of hydrogen-bond acceptors (Lipinski definition) is 3. The molecule has 0 aliphatic carbocycles. The van der Waals surface area contributed by atoms with Crippen molar-refractivity contribution in [2.24, 2.45) is 5.92 Å². The molecular formula is C28H26FNO3. The van der Waals surface area contributed by atoms with Crippen molar-refractivity contribution in [2.75, 3.05) is 13.1 Å². The van der Waals surface area contributed by atoms with Crippen molar-refractivity contribution in [2.45, 2.75) is 25.8 Å². The fourth-order valence-corrected chi connectivity index (χ4v) is 4.68. The smallest absolute Gasteiger partial charge is 0.307 e. The largest absolute Gasteiger partial charge is 0.481 e. The summed E-state index contributed by atoms with van der Waals surface area (Å²) in [5, 5.41) is 10.2. The van der Waals surface area contributed by atoms with Crippen LogP contribution >= 0.6 is 0 Å². The van der Waals surface area contributed by atoms with Crippen LogP contribution in [0.5, 0.6) is 0 Å². The molecule has 0 unspecified atom stereocenters. The van der Waals surface area contributed by atoms with Gasteiger partial charge in [-0.2, -0.15) is 0 Å². The van der Waals surface area contributed by atoms with E-state index in [1.165, 1.54) is 17.2 Å². The Hall–Kier alpha value is -3.44. The number of carbonyl (C=O) groups is 1. The van der Waals surface area contributed by atoms with E-state index in [9.17, 15) is 9.90 Å². The van der Waals surface area contributed by atoms with Crippen LogP contribution in [0.4, 0.5) is 4.39 Å². The van der Waals surface area contributed by atoms with Gasteiger partial charge in [-0.3, -0.25) is 9.69 Å². The second kappa shape index (κ2) is 9.20. The number of halogens is 1. The zero-order chi connectivity index (χ0) is 22.8. The molecule has 5 heteroatoms. The number of likely N-dealkylation sites (tertiary alicyclic amines) is 1. The molecule has 3 aromatic carbocycles. The third-order valence-electron chi connectivity index (χ3n) is 6.39. The summed E-state index contributed by atoms with van der Waals surface area (Å²) < 4.78 is 21.0. The van der Waals surface area contributed by atoms with Gasteiger partial charge in [0.05, 0.1) is 11.5 Å². The number of nitrogens with zero attached hydrogens (tertiary/aromatic N) is 1. The summed E-state index contributed by atoms with van der Waals surface area (Å²) in [4.78, 5) is 13.4. The SMILES string of the molecule is O=C(O)[C@H]1CCCN(Cc2ccc(-c3cc4cc(Cc5ccccc5)ccc4o3)c(F)c2)C1. The van der Waals surface area contributed by atoms with E-state index < -0.39 is 5.97 Å². The minimum atomic E-state index is -0.752. The fourth-order valence-electron chi connectivity index (χ4n) is 4.68. The second-order valence-electron chi connectivity index (χ2n) is 8.87. The highest BCUT2D eigenvalue weighted by molar-refractivity contribution is 5.83. The Bertz CT molecular complexity index is 1280. The van der Waals surface area contributed by atoms with Gasteiger partial charge in [-0.1, -0.05) is 42.5 Å². The van der Waals surface area contributed by atoms with Gasteiger partial charge in [-0.15, -0.1) is 0 Å². The van der Waals surface area contributed by atoms with Crippen LogP contribution in [0.3, 0.4) is 0 Å². The molecule has 168 valence electrons. The van der Waals surface area contributed by atoms with E-state index in [0.29, 0.717) is 30.8 Å². The van der Waals surface area contributed by atoms with Gasteiger partial charge in [0.25, 0.3) is 0 Å². The first-order valence-corrected chi connectivity index (χ1v) is 11.4. The maximum Gasteiger partial charge on any atom is 0.307 e. The molecule has 0 saturated carbocycles. The van der Waals surface area contributed by atoms with Gasteiger partial charge in [-0.25, -0.2) is 4.39 Å². The minimum absolute atomic E-state index is 0.331. The summed E-state index contributed by atoms with van der Waals surface area (Å²) >= 11 is 0. The van der Waals surface area contributed by atoms with Crippen LogP contribution in [-0.2, 0) is 17.8 Å². The number of piperidine rings is 1. The monoisotopic (exact) mass is 443 g/mol. The second-order valence-corrected chi connectivity index (χ2v) is 8.87. The van der Waals surface area contributed by atoms with Gasteiger partial charge in [0.2, 0.25) is 0 Å². The molecule has 1 aliphatic heterocycles. The van der Waals surface area contributed by atoms with Gasteiger partial charge in [0.15, 0.2) is 0 Å². The van der Waals surface area contributed by atoms with E-state index >= 15 is 4.39 Å². The van der Waals surface area contributed by atoms with Crippen LogP contribution < -0.4 is 0 Å². The molecule has 1 aromatic heterocycles. The predicted octanol–water partition coefficient (Wildman–Crippen LogP) is 6.13. The molecular weight excluding hydrogens is 417 g/mol. The number of fused-ring (bicyclic) bond motifs is 1. The first-order valence-electron chi connectivity index (χ1n) is 11.4. The normalized spacial score (nSPS) is 16.8. The lowest BCUT2D eigenvalue weighted by Gasteiger charge is -2.30. The maximum absolute atomic E-state index is 15.0. The molecule has 0 amide bonds. The van der Waals surface area contributed by atoms with Crippen molar-refractivity contribution in [3.63, 3.8) is 0 Å². The quantitative estimate of drug-likeness (QED) is 0.390. The molecule has 1 N–H and O–H groups in total. The summed E-state index contributed by atoms with van der Waals surface area (Å²) in [6.45, 7) is 1.89. The Labute approximate surface area is 192 Å². The Balaban J connectivity index is 1.33. The highest BCUT2D eigenvalue weighted by Gasteiger charge is 2.25. The Morgan fingerprint density at radius 2 is 1.82 bits per heavy atom. The van der Waals surface area contributed by atoms with E-state index in [2.05, 4.69) is 23.1 Å². The van der Waals surface area contributed by atoms with Crippen molar-refractivity contribution in [3.05, 3.63) is 95.3 Å². The number of benzene rings is 3. The Kier molecular flexibility index (Phi) is 5.97. The zero-order valence-electron chi connectivity index (χ0n) is 18.3. The van der Waals surface area contributed by atoms with Gasteiger partial charge in [-0.05, 0) is 72.8 Å². The number of hydrogen-bond donors (Lipinski definition) is 1. The number of rotatable bonds is 6. The molecule has 2 heterocycles. The molecule has 33 heavy (non-hydrogen) atoms. The van der Waals surface area contributed by atoms with Crippen LogP contribution in [0.25, 0.3) is 22.3 Å². The van der Waals surface area contributed by atoms with E-state index in [1.807, 2.05) is 42.5 Å². The number of aliphatic carboxylic acids is 1. The molecule has 5 rings (SSSR count). The summed E-state index contributed by atoms with van der Waals surface area (Å²) in [6, 6.07) is 23.5. The third kappa shape index (κ3) is 4.83. The number of furan rings is 1. The van der Waals surface area contributed by atoms with Gasteiger partial charge >= 0.3 is 5.97 Å². The number of carboxylic acids is 1. The molecule has 0 spiro atoms. The first-order chi connectivity index (χ1) is 16.0. The fraction of sp³-hybridized carbons (Fsp3) is 0.250. The van der Waals surface area contributed by atoms with Crippen molar-refractivity contribution >= 4 is 16.9 Å². The molecule has 4 aromatic rings. The minimum Gasteiger partial charge on any atom is -0.481 e. The van der Waals surface area contributed by atoms with Gasteiger partial charge in [0.1, 0.15) is 17.2 Å². The molecule has 1 saturated heterocycles. The maximum atomic E-state index is 15.0. The lowest BCUT2D eigenvalue weighted by Crippen LogP contribution is -2.38. The molecule has 1 atom stereocenters. The van der Waals surface area contributed by atoms with E-state index in [1.54, 1.807) is 6.07 Å². The Morgan fingerprint density at radius 1 is 1.00 bits per heavy atom. The van der Waals surface area contributed by atoms with Crippen LogP contribution in [0.1, 0.15) is 29.5 Å². The summed E-state index contributed by atoms with van der Waals surface area (Å²) in [5.74, 6) is -0.916. The third-order valence-corrected chi connectivity index (χ3v) is 6.39. The standard InChI is InChI=1S/C28H26FNO3/c29-25-15-21(17-30-12-4-7-22(18-30)28(31)32)8-10-24(25)27-16-23-14-20(9-11-26(23)33-27)13-19-5-2-1-3-6-19/h1-3,5-6,8-11,14-16,22H,4,7,12-13,17-18H2,(H,31,32)/t22-/m0/s1. The van der Waals surface area contributed by atoms with Crippen LogP contribution in [-0.4, -0.2) is 29.1 Å². The molecule has 4 nitrogen and oxygen atoms in total. The van der Waals surface area contributed by atoms with E-state index in [0.717, 1.165) is 35.9 Å². The highest BCUT2D eigenvalue weighted by Crippen LogP contribution is 2.31. The summed E-state index contributed by atoms with van der Waals surface area (Å²) in [5.41, 5.74) is 4.42. The zero-order valence-corrected chi connectivity index (χ0v) is 18.3. The predicted molar refractivity (Wildman–Crippen MR) is 126 cm³/mol. The van der Waals surface area contributed by atoms with Gasteiger partial charge < -0.3 is 9.52 Å². The highest BCUT2D eigenvalue weighted by atomic mass is 19.1. The van der Waals surface area contributed by atoms with E-state index in [4.69, 9.17) is 4.42 Å². The van der Waals surface area contributed by atoms with Crippen LogP contribution in [0, 0.1) is 11.7 Å². The van der Waals surface area contributed by atoms with Gasteiger partial charge in [0, 0.05) is 18.5 Å². The Morgan fingerprint density at radius 3 is 2.61 bits per heavy atom. The summed E-state index contributed by atoms with van der Waals surface area (Å²) in [7, 11) is 0. The lowest BCUT2D eigenvalue weighted by atomic mass is 9.97. The molecule has 1 fully saturated rings. The molecule has 1 aliphatic rings. The number of carboxylic acid groups (broad SMARTS) is 1. The average molecular weight is 444 g/mol. The average Bonchev–Trinajstić information content (AvgIpc) is 3.23. The van der Waals surface area contributed by atoms with Crippen molar-refractivity contribution < 1.29 is 18.7 Å². The first kappa shape index (κ1) is 21.4. The van der Waals surface area contributed by atoms with E-state index in [-0.39, 0.29) is 11.7 Å². The molecule has 0 radical (unpaired) electrons. The van der Waals surface area contributed by atoms with Crippen molar-refractivity contribution in [1.29, 1.82) is 0 Å². The lowest BCUT2D eigenvalue weighted by molar-refractivity contribution is -0.143. The van der Waals surface area contributed by atoms with Crippen molar-refractivity contribution in [1.82, 2.24) is 4.90 Å². The topological polar surface area (TPSA) is 53.7 Å². The van der Waals surface area contributed by atoms with Crippen LogP contribution in [0.15, 0.2) is 77.2 Å². The molecule has 0 bridgehead atoms. The summed E-state index contributed by atoms with van der Waals surface area (Å²) in [6.07, 6.45) is 2.39. The van der Waals surface area contributed by atoms with Crippen molar-refractivity contribution in [3.8, 4) is 11.3 Å².